The lowest BCUT2D eigenvalue weighted by Gasteiger charge is -2.26. The van der Waals surface area contributed by atoms with E-state index in [2.05, 4.69) is 210 Å². The zero-order valence-electron chi connectivity index (χ0n) is 37.4. The average Bonchev–Trinajstić information content (AvgIpc) is 3.99. The molecule has 1 aliphatic heterocycles. The molecule has 5 heteroatoms. The smallest absolute Gasteiger partial charge is 0.198 e. The highest BCUT2D eigenvalue weighted by atomic mass is 32.1. The van der Waals surface area contributed by atoms with E-state index >= 15 is 0 Å². The van der Waals surface area contributed by atoms with Gasteiger partial charge in [0.1, 0.15) is 5.01 Å². The summed E-state index contributed by atoms with van der Waals surface area (Å²) in [5.74, 6) is 0. The first-order valence-corrected chi connectivity index (χ1v) is 23.6. The van der Waals surface area contributed by atoms with E-state index in [-0.39, 0.29) is 16.2 Å². The Hall–Kier alpha value is -6.69. The van der Waals surface area contributed by atoms with Crippen LogP contribution in [0.1, 0.15) is 76.3 Å². The molecule has 2 aromatic heterocycles. The Bertz CT molecular complexity index is 3640. The van der Waals surface area contributed by atoms with Crippen molar-refractivity contribution in [3.8, 4) is 49.6 Å². The van der Waals surface area contributed by atoms with Crippen molar-refractivity contribution >= 4 is 72.9 Å². The first-order valence-electron chi connectivity index (χ1n) is 22.7. The predicted molar refractivity (Wildman–Crippen MR) is 275 cm³/mol. The van der Waals surface area contributed by atoms with Crippen LogP contribution < -0.4 is 16.2 Å². The molecule has 0 saturated carbocycles. The maximum atomic E-state index is 5.27. The summed E-state index contributed by atoms with van der Waals surface area (Å²) in [5.41, 5.74) is 25.5. The van der Waals surface area contributed by atoms with Crippen LogP contribution in [0.25, 0.3) is 81.7 Å². The van der Waals surface area contributed by atoms with Crippen LogP contribution in [0.15, 0.2) is 152 Å². The molecule has 10 aromatic rings. The second-order valence-electron chi connectivity index (χ2n) is 20.5. The number of thiazole rings is 1. The van der Waals surface area contributed by atoms with E-state index < -0.39 is 0 Å². The van der Waals surface area contributed by atoms with Gasteiger partial charge in [0, 0.05) is 55.3 Å². The van der Waals surface area contributed by atoms with Gasteiger partial charge in [-0.1, -0.05) is 157 Å². The molecule has 308 valence electrons. The van der Waals surface area contributed by atoms with Crippen LogP contribution in [-0.4, -0.2) is 16.8 Å². The number of nitrogens with zero attached hydrogens (tertiary/aromatic N) is 2. The lowest BCUT2D eigenvalue weighted by Crippen LogP contribution is -2.37. The summed E-state index contributed by atoms with van der Waals surface area (Å²) in [7, 11) is 0.805. The zero-order chi connectivity index (χ0) is 43.4. The summed E-state index contributed by atoms with van der Waals surface area (Å²) in [5, 5.41) is 7.66. The lowest BCUT2D eigenvalue weighted by molar-refractivity contribution is 0.590. The van der Waals surface area contributed by atoms with E-state index in [0.29, 0.717) is 0 Å². The van der Waals surface area contributed by atoms with Gasteiger partial charge in [-0.15, -0.1) is 11.3 Å². The summed E-state index contributed by atoms with van der Waals surface area (Å²) >= 11 is 1.79. The third-order valence-corrected chi connectivity index (χ3v) is 16.1. The van der Waals surface area contributed by atoms with Crippen LogP contribution in [0.4, 0.5) is 11.4 Å². The number of aromatic nitrogens is 2. The predicted octanol–water partition coefficient (Wildman–Crippen LogP) is 14.1. The highest BCUT2D eigenvalue weighted by Crippen LogP contribution is 2.54. The second kappa shape index (κ2) is 13.0. The minimum absolute atomic E-state index is 0.0758. The second-order valence-corrected chi connectivity index (χ2v) is 21.5. The Morgan fingerprint density at radius 2 is 1.23 bits per heavy atom. The van der Waals surface area contributed by atoms with Crippen LogP contribution >= 0.6 is 11.3 Å². The fourth-order valence-electron chi connectivity index (χ4n) is 11.6. The van der Waals surface area contributed by atoms with Gasteiger partial charge in [0.2, 0.25) is 0 Å². The van der Waals surface area contributed by atoms with Crippen LogP contribution in [0.3, 0.4) is 0 Å². The van der Waals surface area contributed by atoms with Gasteiger partial charge in [-0.25, -0.2) is 4.98 Å². The Labute approximate surface area is 379 Å². The molecule has 2 aliphatic carbocycles. The molecule has 0 bridgehead atoms. The largest absolute Gasteiger partial charge is 0.355 e. The van der Waals surface area contributed by atoms with Gasteiger partial charge in [-0.3, -0.25) is 0 Å². The van der Waals surface area contributed by atoms with Gasteiger partial charge in [0.05, 0.1) is 15.7 Å². The van der Waals surface area contributed by atoms with E-state index in [1.165, 1.54) is 104 Å². The summed E-state index contributed by atoms with van der Waals surface area (Å²) in [6.45, 7) is 16.4. The number of benzene rings is 8. The molecule has 0 atom stereocenters. The Balaban J connectivity index is 1.09. The van der Waals surface area contributed by atoms with Crippen molar-refractivity contribution in [1.29, 1.82) is 0 Å². The molecule has 3 nitrogen and oxygen atoms in total. The van der Waals surface area contributed by atoms with Gasteiger partial charge >= 0.3 is 0 Å². The van der Waals surface area contributed by atoms with E-state index in [1.807, 2.05) is 0 Å². The van der Waals surface area contributed by atoms with Crippen molar-refractivity contribution in [3.05, 3.63) is 179 Å². The zero-order valence-corrected chi connectivity index (χ0v) is 38.3. The third-order valence-electron chi connectivity index (χ3n) is 15.0. The van der Waals surface area contributed by atoms with Gasteiger partial charge < -0.3 is 9.88 Å². The highest BCUT2D eigenvalue weighted by molar-refractivity contribution is 7.21. The quantitative estimate of drug-likeness (QED) is 0.179. The molecule has 0 fully saturated rings. The number of hydrogen-bond acceptors (Lipinski definition) is 3. The fourth-order valence-corrected chi connectivity index (χ4v) is 12.6. The number of hydrogen-bond donors (Lipinski definition) is 1. The SMILES string of the molecule is CC(C)(C)c1ccc(Nc2cc3c(cc2-c2ccc4c5cc6c(cc5n5c4c2Bc2cc4nc(-c7ccccc7)sc4cc2-5)C(C)(C)c2ccccc2-6)-c2ccccc2C3(C)C)cc1. The average molecular weight is 842 g/mol. The van der Waals surface area contributed by atoms with E-state index in [0.717, 1.165) is 34.7 Å². The first kappa shape index (κ1) is 37.8. The number of rotatable bonds is 4. The molecular formula is C59H48BN3S. The van der Waals surface area contributed by atoms with Crippen molar-refractivity contribution in [1.82, 2.24) is 9.55 Å². The van der Waals surface area contributed by atoms with Gasteiger partial charge in [-0.2, -0.15) is 0 Å². The molecule has 0 spiro atoms. The molecule has 0 saturated heterocycles. The fraction of sp³-hybridized carbons (Fsp3) is 0.169. The monoisotopic (exact) mass is 841 g/mol. The minimum Gasteiger partial charge on any atom is -0.355 e. The lowest BCUT2D eigenvalue weighted by atomic mass is 9.59. The van der Waals surface area contributed by atoms with E-state index in [1.54, 1.807) is 11.3 Å². The minimum atomic E-state index is -0.134. The van der Waals surface area contributed by atoms with E-state index in [9.17, 15) is 0 Å². The maximum absolute atomic E-state index is 5.27. The molecule has 0 amide bonds. The molecular weight excluding hydrogens is 794 g/mol. The van der Waals surface area contributed by atoms with Crippen LogP contribution in [0.5, 0.6) is 0 Å². The normalized spacial score (nSPS) is 14.9. The number of nitrogens with one attached hydrogen (secondary N) is 1. The Morgan fingerprint density at radius 3 is 1.94 bits per heavy atom. The van der Waals surface area contributed by atoms with Crippen molar-refractivity contribution in [3.63, 3.8) is 0 Å². The van der Waals surface area contributed by atoms with Crippen molar-refractivity contribution in [2.75, 3.05) is 5.32 Å². The van der Waals surface area contributed by atoms with Crippen LogP contribution in [0, 0.1) is 0 Å². The summed E-state index contributed by atoms with van der Waals surface area (Å²) in [6, 6.07) is 57.4. The standard InChI is InChI=1S/C59H48BN3S/c1-57(2,3)34-21-23-35(24-22-34)61-49-29-46-40(36-17-11-13-19-44(36)58(46,4)5)27-42(49)38-25-26-39-43-28-41-37-18-12-14-20-45(37)59(6,7)47(41)30-51(43)63-52-32-53-50(31-48(52)60-54(38)55(39)63)62-56(64-53)33-15-9-8-10-16-33/h8-32,60-61H,1-7H3. The Kier molecular flexibility index (Phi) is 7.66. The third kappa shape index (κ3) is 5.25. The van der Waals surface area contributed by atoms with Gasteiger partial charge in [-0.05, 0) is 115 Å². The summed E-state index contributed by atoms with van der Waals surface area (Å²) < 4.78 is 3.83. The summed E-state index contributed by atoms with van der Waals surface area (Å²) in [4.78, 5) is 5.27. The van der Waals surface area contributed by atoms with E-state index in [4.69, 9.17) is 4.98 Å². The van der Waals surface area contributed by atoms with Crippen LogP contribution in [-0.2, 0) is 16.2 Å². The maximum Gasteiger partial charge on any atom is 0.198 e. The topological polar surface area (TPSA) is 29.9 Å². The molecule has 3 heterocycles. The summed E-state index contributed by atoms with van der Waals surface area (Å²) in [6.07, 6.45) is 0. The number of fused-ring (bicyclic) bond motifs is 12. The van der Waals surface area contributed by atoms with Crippen molar-refractivity contribution in [2.45, 2.75) is 64.7 Å². The number of anilines is 2. The molecule has 8 aromatic carbocycles. The van der Waals surface area contributed by atoms with Gasteiger partial charge in [0.25, 0.3) is 0 Å². The molecule has 13 rings (SSSR count). The molecule has 64 heavy (non-hydrogen) atoms. The van der Waals surface area contributed by atoms with Crippen molar-refractivity contribution in [2.24, 2.45) is 0 Å². The van der Waals surface area contributed by atoms with Crippen molar-refractivity contribution < 1.29 is 0 Å². The van der Waals surface area contributed by atoms with Gasteiger partial charge in [0.15, 0.2) is 7.28 Å². The molecule has 3 aliphatic rings. The molecule has 1 N–H and O–H groups in total. The molecule has 0 unspecified atom stereocenters. The highest BCUT2D eigenvalue weighted by Gasteiger charge is 2.39. The molecule has 0 radical (unpaired) electrons. The first-order chi connectivity index (χ1) is 30.8. The van der Waals surface area contributed by atoms with Crippen LogP contribution in [0.2, 0.25) is 0 Å². The Morgan fingerprint density at radius 1 is 0.578 bits per heavy atom.